The van der Waals surface area contributed by atoms with Gasteiger partial charge in [-0.1, -0.05) is 0 Å². The van der Waals surface area contributed by atoms with Gasteiger partial charge in [0.25, 0.3) is 0 Å². The highest BCUT2D eigenvalue weighted by atomic mass is 16.5. The van der Waals surface area contributed by atoms with E-state index >= 15 is 0 Å². The molecule has 0 aromatic carbocycles. The third kappa shape index (κ3) is 1.44. The van der Waals surface area contributed by atoms with Crippen LogP contribution >= 0.6 is 0 Å². The summed E-state index contributed by atoms with van der Waals surface area (Å²) in [5.74, 6) is 0.302. The van der Waals surface area contributed by atoms with Crippen LogP contribution in [0.4, 0.5) is 5.82 Å². The molecule has 0 unspecified atom stereocenters. The molecular formula is C7H9N5O2. The number of rotatable bonds is 3. The number of nitrogens with one attached hydrogen (secondary N) is 1. The predicted molar refractivity (Wildman–Crippen MR) is 48.7 cm³/mol. The topological polar surface area (TPSA) is 110 Å². The van der Waals surface area contributed by atoms with Gasteiger partial charge in [-0.3, -0.25) is 5.10 Å². The molecule has 0 spiro atoms. The normalized spacial score (nSPS) is 10.6. The third-order valence-corrected chi connectivity index (χ3v) is 1.64. The van der Waals surface area contributed by atoms with E-state index in [9.17, 15) is 0 Å². The average Bonchev–Trinajstić information content (AvgIpc) is 2.63. The van der Waals surface area contributed by atoms with Crippen LogP contribution in [0.15, 0.2) is 6.20 Å². The van der Waals surface area contributed by atoms with E-state index in [1.807, 2.05) is 0 Å². The van der Waals surface area contributed by atoms with Crippen LogP contribution in [0.25, 0.3) is 11.0 Å². The van der Waals surface area contributed by atoms with Gasteiger partial charge < -0.3 is 15.6 Å². The Labute approximate surface area is 78.9 Å². The summed E-state index contributed by atoms with van der Waals surface area (Å²) in [6.07, 6.45) is 1.54. The number of hydrogen-bond acceptors (Lipinski definition) is 6. The number of nitrogens with zero attached hydrogens (tertiary/aromatic N) is 3. The fourth-order valence-electron chi connectivity index (χ4n) is 1.04. The fraction of sp³-hybridized carbons (Fsp3) is 0.286. The first-order chi connectivity index (χ1) is 6.81. The summed E-state index contributed by atoms with van der Waals surface area (Å²) in [5, 5.41) is 15.6. The van der Waals surface area contributed by atoms with Gasteiger partial charge in [0.05, 0.1) is 18.2 Å². The molecule has 0 fully saturated rings. The lowest BCUT2D eigenvalue weighted by Crippen LogP contribution is -2.06. The average molecular weight is 195 g/mol. The molecule has 14 heavy (non-hydrogen) atoms. The number of nitrogen functional groups attached to an aromatic ring is 1. The van der Waals surface area contributed by atoms with Gasteiger partial charge in [-0.25, -0.2) is 0 Å². The second-order valence-corrected chi connectivity index (χ2v) is 2.60. The van der Waals surface area contributed by atoms with E-state index in [0.29, 0.717) is 16.9 Å². The zero-order valence-corrected chi connectivity index (χ0v) is 7.27. The summed E-state index contributed by atoms with van der Waals surface area (Å²) in [7, 11) is 0. The molecule has 0 aliphatic carbocycles. The minimum absolute atomic E-state index is 0.0930. The molecule has 2 rings (SSSR count). The highest BCUT2D eigenvalue weighted by molar-refractivity contribution is 5.84. The first-order valence-corrected chi connectivity index (χ1v) is 4.01. The van der Waals surface area contributed by atoms with E-state index in [1.54, 1.807) is 6.20 Å². The van der Waals surface area contributed by atoms with Crippen LogP contribution in [0.3, 0.4) is 0 Å². The largest absolute Gasteiger partial charge is 0.461 e. The van der Waals surface area contributed by atoms with Crippen LogP contribution in [0.2, 0.25) is 0 Å². The van der Waals surface area contributed by atoms with Crippen LogP contribution in [0.5, 0.6) is 6.01 Å². The maximum Gasteiger partial charge on any atom is 0.320 e. The first kappa shape index (κ1) is 8.70. The number of hydrogen-bond donors (Lipinski definition) is 3. The van der Waals surface area contributed by atoms with Crippen molar-refractivity contribution in [1.82, 2.24) is 20.2 Å². The van der Waals surface area contributed by atoms with E-state index in [4.69, 9.17) is 15.6 Å². The molecule has 0 aliphatic heterocycles. The van der Waals surface area contributed by atoms with E-state index in [-0.39, 0.29) is 19.2 Å². The van der Waals surface area contributed by atoms with Crippen molar-refractivity contribution in [3.05, 3.63) is 6.20 Å². The molecule has 0 amide bonds. The lowest BCUT2D eigenvalue weighted by atomic mass is 10.4. The number of aliphatic hydroxyl groups excluding tert-OH is 1. The molecule has 4 N–H and O–H groups in total. The lowest BCUT2D eigenvalue weighted by Gasteiger charge is -2.02. The zero-order valence-electron chi connectivity index (χ0n) is 7.27. The van der Waals surface area contributed by atoms with Gasteiger partial charge in [-0.2, -0.15) is 15.1 Å². The number of aliphatic hydroxyl groups is 1. The molecule has 7 nitrogen and oxygen atoms in total. The van der Waals surface area contributed by atoms with Crippen molar-refractivity contribution in [2.24, 2.45) is 0 Å². The molecule has 2 aromatic rings. The number of ether oxygens (including phenoxy) is 1. The van der Waals surface area contributed by atoms with Crippen molar-refractivity contribution in [3.8, 4) is 6.01 Å². The second-order valence-electron chi connectivity index (χ2n) is 2.60. The Morgan fingerprint density at radius 1 is 1.50 bits per heavy atom. The summed E-state index contributed by atoms with van der Waals surface area (Å²) >= 11 is 0. The molecule has 2 aromatic heterocycles. The van der Waals surface area contributed by atoms with Crippen molar-refractivity contribution >= 4 is 16.9 Å². The van der Waals surface area contributed by atoms with Gasteiger partial charge in [0.1, 0.15) is 12.4 Å². The van der Waals surface area contributed by atoms with Gasteiger partial charge in [-0.05, 0) is 0 Å². The second kappa shape index (κ2) is 3.46. The molecular weight excluding hydrogens is 186 g/mol. The van der Waals surface area contributed by atoms with Gasteiger partial charge >= 0.3 is 6.01 Å². The van der Waals surface area contributed by atoms with E-state index in [0.717, 1.165) is 0 Å². The molecule has 0 bridgehead atoms. The quantitative estimate of drug-likeness (QED) is 0.597. The molecule has 74 valence electrons. The van der Waals surface area contributed by atoms with Crippen LogP contribution < -0.4 is 10.5 Å². The van der Waals surface area contributed by atoms with E-state index < -0.39 is 0 Å². The standard InChI is InChI=1S/C7H9N5O2/c8-5-4-3-9-12-6(4)11-7(10-5)14-2-1-13/h3,13H,1-2H2,(H3,8,9,10,11,12). The highest BCUT2D eigenvalue weighted by Crippen LogP contribution is 2.17. The van der Waals surface area contributed by atoms with E-state index in [1.165, 1.54) is 0 Å². The summed E-state index contributed by atoms with van der Waals surface area (Å²) < 4.78 is 5.01. The predicted octanol–water partition coefficient (Wildman–Crippen LogP) is -0.694. The zero-order chi connectivity index (χ0) is 9.97. The smallest absolute Gasteiger partial charge is 0.320 e. The minimum Gasteiger partial charge on any atom is -0.461 e. The van der Waals surface area contributed by atoms with Crippen LogP contribution in [0, 0.1) is 0 Å². The Morgan fingerprint density at radius 3 is 3.14 bits per heavy atom. The number of H-pyrrole nitrogens is 1. The molecule has 0 saturated carbocycles. The summed E-state index contributed by atoms with van der Waals surface area (Å²) in [4.78, 5) is 7.88. The summed E-state index contributed by atoms with van der Waals surface area (Å²) in [6, 6.07) is 0.133. The van der Waals surface area contributed by atoms with Gasteiger partial charge in [0.15, 0.2) is 5.65 Å². The van der Waals surface area contributed by atoms with Crippen molar-refractivity contribution < 1.29 is 9.84 Å². The molecule has 0 radical (unpaired) electrons. The maximum absolute atomic E-state index is 8.54. The first-order valence-electron chi connectivity index (χ1n) is 4.01. The van der Waals surface area contributed by atoms with Gasteiger partial charge in [-0.15, -0.1) is 0 Å². The Morgan fingerprint density at radius 2 is 2.36 bits per heavy atom. The fourth-order valence-corrected chi connectivity index (χ4v) is 1.04. The molecule has 0 aliphatic rings. The Balaban J connectivity index is 2.38. The Hall–Kier alpha value is -1.89. The van der Waals surface area contributed by atoms with Crippen LogP contribution in [0.1, 0.15) is 0 Å². The molecule has 2 heterocycles. The molecule has 0 atom stereocenters. The third-order valence-electron chi connectivity index (χ3n) is 1.64. The number of anilines is 1. The number of fused-ring (bicyclic) bond motifs is 1. The lowest BCUT2D eigenvalue weighted by molar-refractivity contribution is 0.192. The molecule has 0 saturated heterocycles. The molecule has 7 heteroatoms. The van der Waals surface area contributed by atoms with Crippen molar-refractivity contribution in [1.29, 1.82) is 0 Å². The SMILES string of the molecule is Nc1nc(OCCO)nc2[nH]ncc12. The highest BCUT2D eigenvalue weighted by Gasteiger charge is 2.06. The Kier molecular flexibility index (Phi) is 2.15. The van der Waals surface area contributed by atoms with Crippen LogP contribution in [-0.4, -0.2) is 38.5 Å². The summed E-state index contributed by atoms with van der Waals surface area (Å²) in [5.41, 5.74) is 6.14. The number of nitrogens with two attached hydrogens (primary N) is 1. The van der Waals surface area contributed by atoms with Crippen molar-refractivity contribution in [2.75, 3.05) is 18.9 Å². The van der Waals surface area contributed by atoms with Crippen LogP contribution in [-0.2, 0) is 0 Å². The van der Waals surface area contributed by atoms with Crippen molar-refractivity contribution in [3.63, 3.8) is 0 Å². The van der Waals surface area contributed by atoms with Gasteiger partial charge in [0.2, 0.25) is 0 Å². The summed E-state index contributed by atoms with van der Waals surface area (Å²) in [6.45, 7) is 0.0450. The number of aromatic nitrogens is 4. The maximum atomic E-state index is 8.54. The Bertz CT molecular complexity index is 441. The van der Waals surface area contributed by atoms with Crippen molar-refractivity contribution in [2.45, 2.75) is 0 Å². The minimum atomic E-state index is -0.0930. The number of aromatic amines is 1. The van der Waals surface area contributed by atoms with Gasteiger partial charge in [0, 0.05) is 0 Å². The van der Waals surface area contributed by atoms with E-state index in [2.05, 4.69) is 20.2 Å². The monoisotopic (exact) mass is 195 g/mol.